The molecule has 1 heterocycles. The fourth-order valence-electron chi connectivity index (χ4n) is 0.957. The predicted molar refractivity (Wildman–Crippen MR) is 41.1 cm³/mol. The molecule has 1 atom stereocenters. The van der Waals surface area contributed by atoms with Gasteiger partial charge in [0.05, 0.1) is 0 Å². The first-order valence-electron chi connectivity index (χ1n) is 3.81. The first-order valence-corrected chi connectivity index (χ1v) is 3.81. The Kier molecular flexibility index (Phi) is 2.66. The van der Waals surface area contributed by atoms with E-state index in [4.69, 9.17) is 5.73 Å². The van der Waals surface area contributed by atoms with Crippen molar-refractivity contribution < 1.29 is 17.6 Å². The molecule has 74 valence electrons. The molecule has 2 nitrogen and oxygen atoms in total. The van der Waals surface area contributed by atoms with Gasteiger partial charge in [-0.25, -0.2) is 0 Å². The van der Waals surface area contributed by atoms with Crippen molar-refractivity contribution >= 4 is 0 Å². The molecule has 2 N–H and O–H groups in total. The topological polar surface area (TPSA) is 39.2 Å². The maximum Gasteiger partial charge on any atom is 0.449 e. The number of hydrogen-bond donors (Lipinski definition) is 1. The van der Waals surface area contributed by atoms with Crippen LogP contribution in [0.1, 0.15) is 18.4 Å². The van der Waals surface area contributed by atoms with Gasteiger partial charge in [-0.3, -0.25) is 0 Å². The van der Waals surface area contributed by atoms with Gasteiger partial charge >= 0.3 is 6.18 Å². The standard InChI is InChI=1S/C8H10F3NO/c1-5(12)4-6-2-3-7(13-6)8(9,10)11/h2-3,5H,4,12H2,1H3/t5-/m0/s1. The van der Waals surface area contributed by atoms with Gasteiger partial charge in [0, 0.05) is 12.5 Å². The SMILES string of the molecule is C[C@H](N)Cc1ccc(C(F)(F)F)o1. The molecule has 0 amide bonds. The van der Waals surface area contributed by atoms with Gasteiger partial charge in [0.25, 0.3) is 0 Å². The third kappa shape index (κ3) is 2.77. The summed E-state index contributed by atoms with van der Waals surface area (Å²) < 4.78 is 40.6. The van der Waals surface area contributed by atoms with Crippen molar-refractivity contribution in [2.45, 2.75) is 25.6 Å². The van der Waals surface area contributed by atoms with E-state index in [-0.39, 0.29) is 11.8 Å². The summed E-state index contributed by atoms with van der Waals surface area (Å²) in [7, 11) is 0. The van der Waals surface area contributed by atoms with Gasteiger partial charge in [0.15, 0.2) is 0 Å². The molecule has 0 saturated carbocycles. The van der Waals surface area contributed by atoms with Gasteiger partial charge in [-0.1, -0.05) is 0 Å². The lowest BCUT2D eigenvalue weighted by molar-refractivity contribution is -0.153. The number of hydrogen-bond acceptors (Lipinski definition) is 2. The molecule has 0 spiro atoms. The molecule has 1 aromatic rings. The third-order valence-corrected chi connectivity index (χ3v) is 1.46. The molecule has 0 radical (unpaired) electrons. The molecular weight excluding hydrogens is 183 g/mol. The van der Waals surface area contributed by atoms with Crippen LogP contribution in [0.3, 0.4) is 0 Å². The van der Waals surface area contributed by atoms with Crippen LogP contribution in [0.15, 0.2) is 16.5 Å². The van der Waals surface area contributed by atoms with Gasteiger partial charge in [-0.15, -0.1) is 0 Å². The van der Waals surface area contributed by atoms with Gasteiger partial charge in [0.2, 0.25) is 5.76 Å². The first-order chi connectivity index (χ1) is 5.89. The van der Waals surface area contributed by atoms with Crippen LogP contribution in [0.4, 0.5) is 13.2 Å². The molecule has 5 heteroatoms. The lowest BCUT2D eigenvalue weighted by Gasteiger charge is -2.02. The van der Waals surface area contributed by atoms with Gasteiger partial charge in [0.1, 0.15) is 5.76 Å². The summed E-state index contributed by atoms with van der Waals surface area (Å²) in [5.74, 6) is -0.703. The van der Waals surface area contributed by atoms with Crippen LogP contribution in [0.25, 0.3) is 0 Å². The Labute approximate surface area is 73.5 Å². The second-order valence-electron chi connectivity index (χ2n) is 2.95. The van der Waals surface area contributed by atoms with Crippen LogP contribution in [-0.2, 0) is 12.6 Å². The predicted octanol–water partition coefficient (Wildman–Crippen LogP) is 2.19. The quantitative estimate of drug-likeness (QED) is 0.781. The summed E-state index contributed by atoms with van der Waals surface area (Å²) >= 11 is 0. The summed E-state index contributed by atoms with van der Waals surface area (Å²) in [5.41, 5.74) is 5.40. The van der Waals surface area contributed by atoms with Crippen molar-refractivity contribution in [2.75, 3.05) is 0 Å². The van der Waals surface area contributed by atoms with E-state index in [1.54, 1.807) is 6.92 Å². The maximum atomic E-state index is 12.0. The largest absolute Gasteiger partial charge is 0.456 e. The monoisotopic (exact) mass is 193 g/mol. The Hall–Kier alpha value is -0.970. The minimum Gasteiger partial charge on any atom is -0.456 e. The molecule has 0 bridgehead atoms. The molecule has 0 aromatic carbocycles. The average molecular weight is 193 g/mol. The number of halogens is 3. The number of rotatable bonds is 2. The van der Waals surface area contributed by atoms with Crippen LogP contribution in [0, 0.1) is 0 Å². The van der Waals surface area contributed by atoms with E-state index in [0.717, 1.165) is 6.07 Å². The molecule has 0 aliphatic rings. The van der Waals surface area contributed by atoms with E-state index in [2.05, 4.69) is 4.42 Å². The van der Waals surface area contributed by atoms with Gasteiger partial charge in [-0.05, 0) is 19.1 Å². The molecule has 13 heavy (non-hydrogen) atoms. The summed E-state index contributed by atoms with van der Waals surface area (Å²) in [4.78, 5) is 0. The highest BCUT2D eigenvalue weighted by atomic mass is 19.4. The fourth-order valence-corrected chi connectivity index (χ4v) is 0.957. The van der Waals surface area contributed by atoms with E-state index in [9.17, 15) is 13.2 Å². The van der Waals surface area contributed by atoms with Crippen molar-refractivity contribution in [1.29, 1.82) is 0 Å². The summed E-state index contributed by atoms with van der Waals surface area (Å²) in [6.07, 6.45) is -4.09. The fraction of sp³-hybridized carbons (Fsp3) is 0.500. The number of nitrogens with two attached hydrogens (primary N) is 1. The normalized spacial score (nSPS) is 14.5. The van der Waals surface area contributed by atoms with Crippen LogP contribution in [0.2, 0.25) is 0 Å². The molecule has 0 fully saturated rings. The number of alkyl halides is 3. The van der Waals surface area contributed by atoms with Crippen LogP contribution in [0.5, 0.6) is 0 Å². The Morgan fingerprint density at radius 2 is 2.08 bits per heavy atom. The zero-order chi connectivity index (χ0) is 10.1. The van der Waals surface area contributed by atoms with E-state index >= 15 is 0 Å². The van der Waals surface area contributed by atoms with Crippen molar-refractivity contribution in [3.05, 3.63) is 23.7 Å². The maximum absolute atomic E-state index is 12.0. The van der Waals surface area contributed by atoms with Gasteiger partial charge < -0.3 is 10.2 Å². The zero-order valence-electron chi connectivity index (χ0n) is 7.06. The molecule has 1 aromatic heterocycles. The van der Waals surface area contributed by atoms with Crippen molar-refractivity contribution in [1.82, 2.24) is 0 Å². The highest BCUT2D eigenvalue weighted by Crippen LogP contribution is 2.30. The Morgan fingerprint density at radius 1 is 1.46 bits per heavy atom. The molecule has 0 unspecified atom stereocenters. The van der Waals surface area contributed by atoms with Crippen molar-refractivity contribution in [2.24, 2.45) is 5.73 Å². The van der Waals surface area contributed by atoms with Crippen molar-refractivity contribution in [3.8, 4) is 0 Å². The van der Waals surface area contributed by atoms with Gasteiger partial charge in [-0.2, -0.15) is 13.2 Å². The minimum atomic E-state index is -4.41. The lowest BCUT2D eigenvalue weighted by atomic mass is 10.2. The van der Waals surface area contributed by atoms with Crippen molar-refractivity contribution in [3.63, 3.8) is 0 Å². The van der Waals surface area contributed by atoms with E-state index < -0.39 is 11.9 Å². The second kappa shape index (κ2) is 3.41. The summed E-state index contributed by atoms with van der Waals surface area (Å²) in [6, 6.07) is 2.01. The van der Waals surface area contributed by atoms with Crippen LogP contribution >= 0.6 is 0 Å². The average Bonchev–Trinajstić information content (AvgIpc) is 2.32. The van der Waals surface area contributed by atoms with Crippen LogP contribution in [-0.4, -0.2) is 6.04 Å². The third-order valence-electron chi connectivity index (χ3n) is 1.46. The second-order valence-corrected chi connectivity index (χ2v) is 2.95. The first kappa shape index (κ1) is 10.1. The highest BCUT2D eigenvalue weighted by Gasteiger charge is 2.34. The molecule has 0 aliphatic carbocycles. The lowest BCUT2D eigenvalue weighted by Crippen LogP contribution is -2.17. The molecular formula is C8H10F3NO. The molecule has 0 saturated heterocycles. The Morgan fingerprint density at radius 3 is 2.46 bits per heavy atom. The highest BCUT2D eigenvalue weighted by molar-refractivity contribution is 5.10. The zero-order valence-corrected chi connectivity index (χ0v) is 7.06. The summed E-state index contributed by atoms with van der Waals surface area (Å²) in [5, 5.41) is 0. The molecule has 0 aliphatic heterocycles. The summed E-state index contributed by atoms with van der Waals surface area (Å²) in [6.45, 7) is 1.70. The Balaban J connectivity index is 2.75. The minimum absolute atomic E-state index is 0.202. The Bertz CT molecular complexity index is 277. The van der Waals surface area contributed by atoms with E-state index in [1.807, 2.05) is 0 Å². The smallest absolute Gasteiger partial charge is 0.449 e. The van der Waals surface area contributed by atoms with E-state index in [1.165, 1.54) is 6.07 Å². The molecule has 1 rings (SSSR count). The number of furan rings is 1. The van der Waals surface area contributed by atoms with E-state index in [0.29, 0.717) is 6.42 Å². The van der Waals surface area contributed by atoms with Crippen LogP contribution < -0.4 is 5.73 Å².